The first-order chi connectivity index (χ1) is 9.58. The van der Waals surface area contributed by atoms with Crippen LogP contribution >= 0.6 is 0 Å². The fourth-order valence-electron chi connectivity index (χ4n) is 2.05. The molecule has 0 aliphatic carbocycles. The lowest BCUT2D eigenvalue weighted by molar-refractivity contribution is 0.0693. The standard InChI is InChI=1S/C15H17N3O2/c1-11-5-3-4-6-12(11)8-18(2)9-14-13(15(19)20)7-16-10-17-14/h3-7,10H,8-9H2,1-2H3,(H,19,20). The van der Waals surface area contributed by atoms with Crippen molar-refractivity contribution >= 4 is 5.97 Å². The lowest BCUT2D eigenvalue weighted by Gasteiger charge is -2.18. The van der Waals surface area contributed by atoms with Crippen molar-refractivity contribution in [1.29, 1.82) is 0 Å². The summed E-state index contributed by atoms with van der Waals surface area (Å²) in [5.41, 5.74) is 3.13. The van der Waals surface area contributed by atoms with Gasteiger partial charge in [0.05, 0.1) is 5.69 Å². The van der Waals surface area contributed by atoms with E-state index in [0.717, 1.165) is 6.54 Å². The zero-order valence-corrected chi connectivity index (χ0v) is 11.6. The number of nitrogens with zero attached hydrogens (tertiary/aromatic N) is 3. The van der Waals surface area contributed by atoms with Crippen LogP contribution in [0.15, 0.2) is 36.8 Å². The number of carboxylic acids is 1. The van der Waals surface area contributed by atoms with Gasteiger partial charge in [0.25, 0.3) is 0 Å². The van der Waals surface area contributed by atoms with Gasteiger partial charge < -0.3 is 5.11 Å². The maximum absolute atomic E-state index is 11.1. The molecule has 1 N–H and O–H groups in total. The first-order valence-corrected chi connectivity index (χ1v) is 6.33. The summed E-state index contributed by atoms with van der Waals surface area (Å²) in [6.45, 7) is 3.28. The molecule has 0 aliphatic heterocycles. The van der Waals surface area contributed by atoms with Gasteiger partial charge in [-0.15, -0.1) is 0 Å². The molecule has 0 amide bonds. The summed E-state index contributed by atoms with van der Waals surface area (Å²) in [5, 5.41) is 9.11. The second-order valence-corrected chi connectivity index (χ2v) is 4.79. The molecule has 0 radical (unpaired) electrons. The molecule has 0 spiro atoms. The Hall–Kier alpha value is -2.27. The monoisotopic (exact) mass is 271 g/mol. The van der Waals surface area contributed by atoms with Crippen LogP contribution in [0.1, 0.15) is 27.2 Å². The molecule has 1 heterocycles. The minimum atomic E-state index is -0.995. The normalized spacial score (nSPS) is 10.8. The van der Waals surface area contributed by atoms with Gasteiger partial charge in [0.1, 0.15) is 11.9 Å². The molecule has 2 rings (SSSR count). The van der Waals surface area contributed by atoms with Crippen molar-refractivity contribution in [3.8, 4) is 0 Å². The Morgan fingerprint density at radius 2 is 2.05 bits per heavy atom. The fourth-order valence-corrected chi connectivity index (χ4v) is 2.05. The first kappa shape index (κ1) is 14.1. The lowest BCUT2D eigenvalue weighted by atomic mass is 10.1. The highest BCUT2D eigenvalue weighted by Crippen LogP contribution is 2.12. The molecule has 2 aromatic rings. The van der Waals surface area contributed by atoms with E-state index in [1.807, 2.05) is 24.1 Å². The Labute approximate surface area is 117 Å². The molecule has 1 aromatic carbocycles. The van der Waals surface area contributed by atoms with Crippen LogP contribution < -0.4 is 0 Å². The van der Waals surface area contributed by atoms with Crippen molar-refractivity contribution in [3.63, 3.8) is 0 Å². The summed E-state index contributed by atoms with van der Waals surface area (Å²) in [7, 11) is 1.94. The maximum atomic E-state index is 11.1. The third-order valence-corrected chi connectivity index (χ3v) is 3.15. The van der Waals surface area contributed by atoms with E-state index in [2.05, 4.69) is 29.0 Å². The van der Waals surface area contributed by atoms with Gasteiger partial charge in [0.2, 0.25) is 0 Å². The van der Waals surface area contributed by atoms with E-state index in [4.69, 9.17) is 5.11 Å². The topological polar surface area (TPSA) is 66.3 Å². The average molecular weight is 271 g/mol. The number of aromatic carboxylic acids is 1. The second kappa shape index (κ2) is 6.25. The molecule has 0 saturated carbocycles. The van der Waals surface area contributed by atoms with Crippen molar-refractivity contribution in [2.75, 3.05) is 7.05 Å². The number of carboxylic acid groups (broad SMARTS) is 1. The van der Waals surface area contributed by atoms with Gasteiger partial charge in [-0.25, -0.2) is 14.8 Å². The van der Waals surface area contributed by atoms with E-state index >= 15 is 0 Å². The van der Waals surface area contributed by atoms with E-state index in [-0.39, 0.29) is 5.56 Å². The zero-order valence-electron chi connectivity index (χ0n) is 11.6. The molecule has 0 unspecified atom stereocenters. The van der Waals surface area contributed by atoms with Gasteiger partial charge in [-0.1, -0.05) is 24.3 Å². The third-order valence-electron chi connectivity index (χ3n) is 3.15. The van der Waals surface area contributed by atoms with E-state index in [9.17, 15) is 4.79 Å². The summed E-state index contributed by atoms with van der Waals surface area (Å²) >= 11 is 0. The lowest BCUT2D eigenvalue weighted by Crippen LogP contribution is -2.20. The predicted octanol–water partition coefficient (Wildman–Crippen LogP) is 2.12. The van der Waals surface area contributed by atoms with Gasteiger partial charge in [0.15, 0.2) is 0 Å². The molecule has 0 atom stereocenters. The average Bonchev–Trinajstić information content (AvgIpc) is 2.41. The summed E-state index contributed by atoms with van der Waals surface area (Å²) in [5.74, 6) is -0.995. The molecule has 0 bridgehead atoms. The van der Waals surface area contributed by atoms with Crippen LogP contribution in [0, 0.1) is 6.92 Å². The second-order valence-electron chi connectivity index (χ2n) is 4.79. The van der Waals surface area contributed by atoms with E-state index in [1.54, 1.807) is 0 Å². The molecular formula is C15H17N3O2. The number of aryl methyl sites for hydroxylation is 1. The van der Waals surface area contributed by atoms with E-state index in [1.165, 1.54) is 23.7 Å². The van der Waals surface area contributed by atoms with Crippen molar-refractivity contribution in [3.05, 3.63) is 59.2 Å². The van der Waals surface area contributed by atoms with Crippen molar-refractivity contribution in [2.24, 2.45) is 0 Å². The van der Waals surface area contributed by atoms with E-state index in [0.29, 0.717) is 12.2 Å². The summed E-state index contributed by atoms with van der Waals surface area (Å²) < 4.78 is 0. The molecule has 20 heavy (non-hydrogen) atoms. The number of carbonyl (C=O) groups is 1. The summed E-state index contributed by atoms with van der Waals surface area (Å²) in [6, 6.07) is 8.15. The number of rotatable bonds is 5. The molecule has 0 fully saturated rings. The van der Waals surface area contributed by atoms with Gasteiger partial charge in [-0.05, 0) is 25.1 Å². The van der Waals surface area contributed by atoms with Crippen molar-refractivity contribution < 1.29 is 9.90 Å². The number of hydrogen-bond acceptors (Lipinski definition) is 4. The smallest absolute Gasteiger partial charge is 0.339 e. The highest BCUT2D eigenvalue weighted by atomic mass is 16.4. The number of aromatic nitrogens is 2. The quantitative estimate of drug-likeness (QED) is 0.902. The molecule has 5 nitrogen and oxygen atoms in total. The Bertz CT molecular complexity index is 614. The maximum Gasteiger partial charge on any atom is 0.339 e. The molecule has 5 heteroatoms. The number of benzene rings is 1. The first-order valence-electron chi connectivity index (χ1n) is 6.33. The molecule has 1 aromatic heterocycles. The minimum Gasteiger partial charge on any atom is -0.478 e. The highest BCUT2D eigenvalue weighted by molar-refractivity contribution is 5.88. The van der Waals surface area contributed by atoms with Gasteiger partial charge in [0, 0.05) is 19.3 Å². The van der Waals surface area contributed by atoms with Crippen LogP contribution in [0.25, 0.3) is 0 Å². The summed E-state index contributed by atoms with van der Waals surface area (Å²) in [6.07, 6.45) is 2.72. The minimum absolute atomic E-state index is 0.157. The molecule has 104 valence electrons. The summed E-state index contributed by atoms with van der Waals surface area (Å²) in [4.78, 5) is 21.0. The van der Waals surface area contributed by atoms with Crippen molar-refractivity contribution in [1.82, 2.24) is 14.9 Å². The van der Waals surface area contributed by atoms with Crippen LogP contribution in [-0.4, -0.2) is 33.0 Å². The molecular weight excluding hydrogens is 254 g/mol. The van der Waals surface area contributed by atoms with Gasteiger partial charge in [-0.2, -0.15) is 0 Å². The Morgan fingerprint density at radius 3 is 2.75 bits per heavy atom. The highest BCUT2D eigenvalue weighted by Gasteiger charge is 2.13. The van der Waals surface area contributed by atoms with E-state index < -0.39 is 5.97 Å². The SMILES string of the molecule is Cc1ccccc1CN(C)Cc1ncncc1C(=O)O. The van der Waals surface area contributed by atoms with Crippen LogP contribution in [0.4, 0.5) is 0 Å². The Kier molecular flexibility index (Phi) is 4.42. The molecule has 0 saturated heterocycles. The van der Waals surface area contributed by atoms with Crippen LogP contribution in [0.5, 0.6) is 0 Å². The largest absolute Gasteiger partial charge is 0.478 e. The third kappa shape index (κ3) is 3.39. The van der Waals surface area contributed by atoms with Gasteiger partial charge in [-0.3, -0.25) is 4.90 Å². The van der Waals surface area contributed by atoms with Crippen molar-refractivity contribution in [2.45, 2.75) is 20.0 Å². The number of hydrogen-bond donors (Lipinski definition) is 1. The predicted molar refractivity (Wildman–Crippen MR) is 75.3 cm³/mol. The van der Waals surface area contributed by atoms with Crippen LogP contribution in [0.3, 0.4) is 0 Å². The fraction of sp³-hybridized carbons (Fsp3) is 0.267. The zero-order chi connectivity index (χ0) is 14.5. The Balaban J connectivity index is 2.11. The van der Waals surface area contributed by atoms with Crippen LogP contribution in [-0.2, 0) is 13.1 Å². The molecule has 0 aliphatic rings. The van der Waals surface area contributed by atoms with Crippen LogP contribution in [0.2, 0.25) is 0 Å². The van der Waals surface area contributed by atoms with Gasteiger partial charge >= 0.3 is 5.97 Å². The Morgan fingerprint density at radius 1 is 1.30 bits per heavy atom.